The Bertz CT molecular complexity index is 1890. The van der Waals surface area contributed by atoms with E-state index in [9.17, 15) is 0 Å². The largest absolute Gasteiger partial charge is 1.00 e. The second kappa shape index (κ2) is 13.1. The van der Waals surface area contributed by atoms with Crippen molar-refractivity contribution in [2.75, 3.05) is 0 Å². The summed E-state index contributed by atoms with van der Waals surface area (Å²) in [5, 5.41) is 4.59. The van der Waals surface area contributed by atoms with E-state index in [1.165, 1.54) is 60.7 Å². The fraction of sp³-hybridized carbons (Fsp3) is 0.220. The standard InChI is InChI=1S/C21H18OSi.C20H21.2ClH.Zr/c1-14-13-18-19(22-14)21-15(2)20(18)23(21,16-9-5-3-6-10-16)17-11-7-4-8-12-17;1-14-12-16-6-5-7-18(19(16)13-14)15-8-10-17(11-9-15)20(2,3)4;;;/h3-13,21H,1-2H3;5-13H,1-4H3;2*1H;/q;;;;+2/p-2. The second-order valence-corrected chi connectivity index (χ2v) is 18.9. The van der Waals surface area contributed by atoms with Crippen LogP contribution in [0.4, 0.5) is 0 Å². The maximum absolute atomic E-state index is 6.14. The first kappa shape index (κ1) is 34.6. The van der Waals surface area contributed by atoms with Crippen LogP contribution in [0.1, 0.15) is 77.6 Å². The number of hydrogen-bond acceptors (Lipinski definition) is 1. The van der Waals surface area contributed by atoms with Gasteiger partial charge in [0.2, 0.25) is 0 Å². The molecule has 0 saturated carbocycles. The molecule has 0 radical (unpaired) electrons. The normalized spacial score (nSPS) is 18.2. The third-order valence-corrected chi connectivity index (χ3v) is 17.3. The summed E-state index contributed by atoms with van der Waals surface area (Å²) in [6, 6.07) is 40.3. The van der Waals surface area contributed by atoms with Crippen LogP contribution >= 0.6 is 0 Å². The Morgan fingerprint density at radius 1 is 0.696 bits per heavy atom. The summed E-state index contributed by atoms with van der Waals surface area (Å²) >= 11 is 1.58. The Labute approximate surface area is 302 Å². The molecule has 1 aromatic heterocycles. The van der Waals surface area contributed by atoms with E-state index in [2.05, 4.69) is 157 Å². The van der Waals surface area contributed by atoms with Crippen LogP contribution in [-0.4, -0.2) is 8.07 Å². The van der Waals surface area contributed by atoms with Gasteiger partial charge in [-0.05, 0) is 35.5 Å². The van der Waals surface area contributed by atoms with Gasteiger partial charge < -0.3 is 29.2 Å². The molecule has 0 fully saturated rings. The van der Waals surface area contributed by atoms with Crippen molar-refractivity contribution in [1.29, 1.82) is 0 Å². The van der Waals surface area contributed by atoms with Crippen LogP contribution in [0.2, 0.25) is 0 Å². The molecule has 0 amide bonds. The average Bonchev–Trinajstić information content (AvgIpc) is 3.70. The summed E-state index contributed by atoms with van der Waals surface area (Å²) in [7, 11) is -1.94. The van der Waals surface area contributed by atoms with E-state index < -0.39 is 8.07 Å². The molecule has 8 rings (SSSR count). The number of furan rings is 1. The Morgan fingerprint density at radius 2 is 1.28 bits per heavy atom. The Balaban J connectivity index is 0.000000174. The van der Waals surface area contributed by atoms with E-state index in [1.54, 1.807) is 29.9 Å². The Hall–Kier alpha value is -2.68. The zero-order valence-electron chi connectivity index (χ0n) is 27.3. The first-order valence-electron chi connectivity index (χ1n) is 15.7. The van der Waals surface area contributed by atoms with Crippen molar-refractivity contribution < 1.29 is 54.0 Å². The number of halogens is 2. The van der Waals surface area contributed by atoms with E-state index in [1.807, 2.05) is 0 Å². The molecule has 5 heteroatoms. The number of benzene rings is 4. The second-order valence-electron chi connectivity index (χ2n) is 13.6. The molecular formula is C41H39Cl2OSiZr. The van der Waals surface area contributed by atoms with Gasteiger partial charge in [-0.3, -0.25) is 0 Å². The minimum absolute atomic E-state index is 0. The van der Waals surface area contributed by atoms with E-state index in [4.69, 9.17) is 4.42 Å². The summed E-state index contributed by atoms with van der Waals surface area (Å²) in [6.45, 7) is 13.4. The monoisotopic (exact) mass is 735 g/mol. The van der Waals surface area contributed by atoms with Crippen molar-refractivity contribution in [3.63, 3.8) is 0 Å². The number of rotatable bonds is 3. The first-order chi connectivity index (χ1) is 21.1. The predicted octanol–water partition coefficient (Wildman–Crippen LogP) is 3.48. The maximum atomic E-state index is 6.14. The molecule has 2 unspecified atom stereocenters. The molecule has 5 aromatic rings. The zero-order valence-corrected chi connectivity index (χ0v) is 32.3. The molecule has 231 valence electrons. The van der Waals surface area contributed by atoms with E-state index in [0.717, 1.165) is 5.76 Å². The fourth-order valence-electron chi connectivity index (χ4n) is 7.75. The van der Waals surface area contributed by atoms with Crippen LogP contribution in [-0.2, 0) is 30.1 Å². The molecule has 3 aliphatic rings. The minimum Gasteiger partial charge on any atom is -1.00 e. The van der Waals surface area contributed by atoms with E-state index in [0.29, 0.717) is 9.17 Å². The van der Waals surface area contributed by atoms with Gasteiger partial charge in [0.25, 0.3) is 0 Å². The SMILES string of the molecule is CC1=C2c3cc(C)oc3C1[Si]2(c1ccccc1)c1ccccc1.CC1=Cc2c(-c3ccc(C(C)(C)C)cc3)cccc2[CH]1[Zr+2].[Cl-].[Cl-]. The maximum Gasteiger partial charge on any atom is -1.00 e. The molecule has 0 saturated heterocycles. The minimum atomic E-state index is -1.94. The van der Waals surface area contributed by atoms with Gasteiger partial charge in [-0.15, -0.1) is 0 Å². The molecule has 2 atom stereocenters. The molecule has 1 nitrogen and oxygen atoms in total. The van der Waals surface area contributed by atoms with Crippen molar-refractivity contribution in [1.82, 2.24) is 0 Å². The number of hydrogen-bond donors (Lipinski definition) is 0. The fourth-order valence-corrected chi connectivity index (χ4v) is 14.4. The van der Waals surface area contributed by atoms with E-state index >= 15 is 0 Å². The van der Waals surface area contributed by atoms with Crippen LogP contribution in [0.3, 0.4) is 0 Å². The average molecular weight is 738 g/mol. The predicted molar refractivity (Wildman–Crippen MR) is 184 cm³/mol. The topological polar surface area (TPSA) is 13.1 Å². The third-order valence-electron chi connectivity index (χ3n) is 9.87. The van der Waals surface area contributed by atoms with Crippen molar-refractivity contribution >= 4 is 29.7 Å². The van der Waals surface area contributed by atoms with Crippen molar-refractivity contribution in [3.8, 4) is 11.1 Å². The first-order valence-corrected chi connectivity index (χ1v) is 19.2. The molecule has 2 bridgehead atoms. The van der Waals surface area contributed by atoms with Gasteiger partial charge >= 0.3 is 143 Å². The van der Waals surface area contributed by atoms with Crippen molar-refractivity contribution in [2.45, 2.75) is 56.1 Å². The molecule has 2 aliphatic heterocycles. The molecular weight excluding hydrogens is 699 g/mol. The summed E-state index contributed by atoms with van der Waals surface area (Å²) in [6.07, 6.45) is 2.38. The van der Waals surface area contributed by atoms with Gasteiger partial charge in [0.15, 0.2) is 8.07 Å². The quantitative estimate of drug-likeness (QED) is 0.259. The van der Waals surface area contributed by atoms with Crippen LogP contribution in [0.25, 0.3) is 22.4 Å². The molecule has 46 heavy (non-hydrogen) atoms. The van der Waals surface area contributed by atoms with Crippen LogP contribution in [0.5, 0.6) is 0 Å². The van der Waals surface area contributed by atoms with Gasteiger partial charge in [-0.1, -0.05) is 66.2 Å². The van der Waals surface area contributed by atoms with Crippen molar-refractivity contribution in [2.24, 2.45) is 0 Å². The van der Waals surface area contributed by atoms with Gasteiger partial charge in [0, 0.05) is 11.1 Å². The van der Waals surface area contributed by atoms with Crippen LogP contribution in [0, 0.1) is 6.92 Å². The molecule has 1 aliphatic carbocycles. The third kappa shape index (κ3) is 5.42. The number of allylic oxidation sites excluding steroid dienone is 2. The molecule has 4 aromatic carbocycles. The van der Waals surface area contributed by atoms with Crippen molar-refractivity contribution in [3.05, 3.63) is 154 Å². The summed E-state index contributed by atoms with van der Waals surface area (Å²) in [5.74, 6) is 2.25. The van der Waals surface area contributed by atoms with E-state index in [-0.39, 0.29) is 30.2 Å². The van der Waals surface area contributed by atoms with Gasteiger partial charge in [-0.2, -0.15) is 0 Å². The van der Waals surface area contributed by atoms with Gasteiger partial charge in [-0.25, -0.2) is 0 Å². The van der Waals surface area contributed by atoms with Gasteiger partial charge in [0.05, 0.1) is 0 Å². The van der Waals surface area contributed by atoms with Crippen LogP contribution < -0.4 is 35.2 Å². The van der Waals surface area contributed by atoms with Gasteiger partial charge in [0.1, 0.15) is 11.5 Å². The Kier molecular flexibility index (Phi) is 9.85. The molecule has 0 spiro atoms. The number of aryl methyl sites for hydroxylation is 1. The molecule has 3 heterocycles. The molecule has 0 N–H and O–H groups in total. The zero-order chi connectivity index (χ0) is 30.8. The summed E-state index contributed by atoms with van der Waals surface area (Å²) < 4.78 is 6.78. The van der Waals surface area contributed by atoms with Crippen LogP contribution in [0.15, 0.2) is 125 Å². The summed E-state index contributed by atoms with van der Waals surface area (Å²) in [5.41, 5.74) is 12.1. The Morgan fingerprint density at radius 3 is 1.83 bits per heavy atom. The number of fused-ring (bicyclic) bond motifs is 6. The summed E-state index contributed by atoms with van der Waals surface area (Å²) in [4.78, 5) is 0. The smallest absolute Gasteiger partial charge is 1.00 e.